The molecule has 3 heterocycles. The van der Waals surface area contributed by atoms with Gasteiger partial charge in [-0.05, 0) is 30.2 Å². The maximum atomic E-state index is 14.0. The number of ether oxygens (including phenoxy) is 1. The molecule has 2 aliphatic rings. The fourth-order valence-corrected chi connectivity index (χ4v) is 3.34. The molecule has 0 spiro atoms. The number of hydrogen-bond donors (Lipinski definition) is 0. The maximum Gasteiger partial charge on any atom is 0.257 e. The number of morpholine rings is 1. The number of rotatable bonds is 2. The molecule has 4 rings (SSSR count). The molecule has 1 amide bonds. The molecule has 1 unspecified atom stereocenters. The van der Waals surface area contributed by atoms with Gasteiger partial charge in [0.1, 0.15) is 0 Å². The van der Waals surface area contributed by atoms with E-state index in [1.54, 1.807) is 22.1 Å². The van der Waals surface area contributed by atoms with Gasteiger partial charge >= 0.3 is 0 Å². The first kappa shape index (κ1) is 15.1. The van der Waals surface area contributed by atoms with Gasteiger partial charge in [-0.15, -0.1) is 0 Å². The molecule has 1 fully saturated rings. The zero-order valence-electron chi connectivity index (χ0n) is 13.2. The summed E-state index contributed by atoms with van der Waals surface area (Å²) in [6.07, 6.45) is 1.81. The molecule has 0 aliphatic carbocycles. The molecule has 2 aliphatic heterocycles. The molecule has 0 radical (unpaired) electrons. The predicted molar refractivity (Wildman–Crippen MR) is 88.6 cm³/mol. The van der Waals surface area contributed by atoms with E-state index in [2.05, 4.69) is 4.98 Å². The summed E-state index contributed by atoms with van der Waals surface area (Å²) in [5, 5.41) is 0. The molecule has 1 saturated heterocycles. The highest BCUT2D eigenvalue weighted by Crippen LogP contribution is 2.29. The lowest BCUT2D eigenvalue weighted by Crippen LogP contribution is -2.51. The van der Waals surface area contributed by atoms with Gasteiger partial charge in [0.05, 0.1) is 13.2 Å². The van der Waals surface area contributed by atoms with E-state index in [9.17, 15) is 9.18 Å². The van der Waals surface area contributed by atoms with Crippen LogP contribution in [-0.4, -0.2) is 43.2 Å². The van der Waals surface area contributed by atoms with Gasteiger partial charge in [-0.25, -0.2) is 9.37 Å². The third-order valence-electron chi connectivity index (χ3n) is 4.53. The molecule has 1 aromatic heterocycles. The lowest BCUT2D eigenvalue weighted by atomic mass is 10.2. The number of nitrogens with zero attached hydrogens (tertiary/aromatic N) is 3. The topological polar surface area (TPSA) is 45.7 Å². The summed E-state index contributed by atoms with van der Waals surface area (Å²) in [6, 6.07) is 10.9. The van der Waals surface area contributed by atoms with Crippen LogP contribution in [0.3, 0.4) is 0 Å². The summed E-state index contributed by atoms with van der Waals surface area (Å²) in [7, 11) is 0. The van der Waals surface area contributed by atoms with E-state index < -0.39 is 6.10 Å². The van der Waals surface area contributed by atoms with Crippen molar-refractivity contribution in [2.75, 3.05) is 36.0 Å². The standard InChI is InChI=1S/C18H18FN3O2/c19-14-5-3-8-20-17(14)21-10-11-24-16(12-21)18(23)22-9-7-13-4-1-2-6-15(13)22/h1-6,8,16H,7,9-12H2. The molecule has 5 nitrogen and oxygen atoms in total. The van der Waals surface area contributed by atoms with Gasteiger partial charge in [0.15, 0.2) is 17.7 Å². The Hall–Kier alpha value is -2.47. The van der Waals surface area contributed by atoms with E-state index in [1.165, 1.54) is 11.6 Å². The number of anilines is 2. The van der Waals surface area contributed by atoms with Crippen molar-refractivity contribution in [1.82, 2.24) is 4.98 Å². The molecular formula is C18H18FN3O2. The van der Waals surface area contributed by atoms with Gasteiger partial charge in [-0.3, -0.25) is 4.79 Å². The number of amides is 1. The van der Waals surface area contributed by atoms with Crippen molar-refractivity contribution in [3.8, 4) is 0 Å². The number of carbonyl (C=O) groups is 1. The number of pyridine rings is 1. The van der Waals surface area contributed by atoms with Crippen molar-refractivity contribution in [3.63, 3.8) is 0 Å². The molecule has 24 heavy (non-hydrogen) atoms. The number of hydrogen-bond acceptors (Lipinski definition) is 4. The first-order valence-electron chi connectivity index (χ1n) is 8.10. The molecule has 1 atom stereocenters. The fourth-order valence-electron chi connectivity index (χ4n) is 3.34. The summed E-state index contributed by atoms with van der Waals surface area (Å²) in [5.74, 6) is -0.168. The van der Waals surface area contributed by atoms with Crippen molar-refractivity contribution in [1.29, 1.82) is 0 Å². The summed E-state index contributed by atoms with van der Waals surface area (Å²) in [5.41, 5.74) is 2.13. The monoisotopic (exact) mass is 327 g/mol. The van der Waals surface area contributed by atoms with Crippen LogP contribution in [0.2, 0.25) is 0 Å². The quantitative estimate of drug-likeness (QED) is 0.846. The second-order valence-corrected chi connectivity index (χ2v) is 5.98. The van der Waals surface area contributed by atoms with Crippen LogP contribution in [0.5, 0.6) is 0 Å². The minimum atomic E-state index is -0.605. The first-order chi connectivity index (χ1) is 11.7. The molecule has 0 bridgehead atoms. The van der Waals surface area contributed by atoms with Gasteiger partial charge < -0.3 is 14.5 Å². The minimum absolute atomic E-state index is 0.0685. The molecule has 124 valence electrons. The van der Waals surface area contributed by atoms with Crippen LogP contribution in [0.4, 0.5) is 15.9 Å². The number of carbonyl (C=O) groups excluding carboxylic acids is 1. The van der Waals surface area contributed by atoms with E-state index in [1.807, 2.05) is 24.3 Å². The predicted octanol–water partition coefficient (Wildman–Crippen LogP) is 2.02. The Labute approximate surface area is 139 Å². The zero-order chi connectivity index (χ0) is 16.5. The van der Waals surface area contributed by atoms with Crippen molar-refractivity contribution >= 4 is 17.4 Å². The highest BCUT2D eigenvalue weighted by Gasteiger charge is 2.34. The highest BCUT2D eigenvalue weighted by molar-refractivity contribution is 5.98. The number of benzene rings is 1. The van der Waals surface area contributed by atoms with Crippen molar-refractivity contribution in [2.24, 2.45) is 0 Å². The third-order valence-corrected chi connectivity index (χ3v) is 4.53. The lowest BCUT2D eigenvalue weighted by Gasteiger charge is -2.34. The van der Waals surface area contributed by atoms with Crippen molar-refractivity contribution in [2.45, 2.75) is 12.5 Å². The number of para-hydroxylation sites is 1. The van der Waals surface area contributed by atoms with Crippen LogP contribution < -0.4 is 9.80 Å². The summed E-state index contributed by atoms with van der Waals surface area (Å²) < 4.78 is 19.6. The zero-order valence-corrected chi connectivity index (χ0v) is 13.2. The third kappa shape index (κ3) is 2.63. The van der Waals surface area contributed by atoms with Crippen LogP contribution >= 0.6 is 0 Å². The average molecular weight is 327 g/mol. The average Bonchev–Trinajstić information content (AvgIpc) is 3.06. The number of aromatic nitrogens is 1. The lowest BCUT2D eigenvalue weighted by molar-refractivity contribution is -0.130. The fraction of sp³-hybridized carbons (Fsp3) is 0.333. The van der Waals surface area contributed by atoms with E-state index in [0.717, 1.165) is 12.1 Å². The van der Waals surface area contributed by atoms with Crippen LogP contribution in [0.15, 0.2) is 42.6 Å². The van der Waals surface area contributed by atoms with Crippen LogP contribution in [-0.2, 0) is 16.0 Å². The van der Waals surface area contributed by atoms with Gasteiger partial charge in [0, 0.05) is 25.0 Å². The molecule has 0 saturated carbocycles. The minimum Gasteiger partial charge on any atom is -0.365 e. The Morgan fingerprint density at radius 3 is 2.96 bits per heavy atom. The van der Waals surface area contributed by atoms with E-state index in [4.69, 9.17) is 4.74 Å². The normalized spacial score (nSPS) is 20.1. The highest BCUT2D eigenvalue weighted by atomic mass is 19.1. The number of fused-ring (bicyclic) bond motifs is 1. The van der Waals surface area contributed by atoms with Gasteiger partial charge in [-0.2, -0.15) is 0 Å². The molecule has 2 aromatic rings. The Balaban J connectivity index is 1.53. The largest absolute Gasteiger partial charge is 0.365 e. The van der Waals surface area contributed by atoms with Gasteiger partial charge in [-0.1, -0.05) is 18.2 Å². The van der Waals surface area contributed by atoms with Gasteiger partial charge in [0.25, 0.3) is 5.91 Å². The Morgan fingerprint density at radius 1 is 1.21 bits per heavy atom. The van der Waals surface area contributed by atoms with E-state index in [-0.39, 0.29) is 17.5 Å². The Bertz CT molecular complexity index is 767. The Morgan fingerprint density at radius 2 is 2.08 bits per heavy atom. The molecule has 6 heteroatoms. The van der Waals surface area contributed by atoms with Crippen LogP contribution in [0.25, 0.3) is 0 Å². The summed E-state index contributed by atoms with van der Waals surface area (Å²) in [4.78, 5) is 20.5. The second-order valence-electron chi connectivity index (χ2n) is 5.98. The number of halogens is 1. The van der Waals surface area contributed by atoms with Crippen molar-refractivity contribution in [3.05, 3.63) is 54.0 Å². The van der Waals surface area contributed by atoms with Crippen LogP contribution in [0, 0.1) is 5.82 Å². The Kier molecular flexibility index (Phi) is 3.90. The molecule has 1 aromatic carbocycles. The molecular weight excluding hydrogens is 309 g/mol. The smallest absolute Gasteiger partial charge is 0.257 e. The first-order valence-corrected chi connectivity index (χ1v) is 8.10. The van der Waals surface area contributed by atoms with Crippen LogP contribution in [0.1, 0.15) is 5.56 Å². The summed E-state index contributed by atoms with van der Waals surface area (Å²) in [6.45, 7) is 1.87. The van der Waals surface area contributed by atoms with E-state index >= 15 is 0 Å². The second kappa shape index (κ2) is 6.20. The van der Waals surface area contributed by atoms with Crippen molar-refractivity contribution < 1.29 is 13.9 Å². The maximum absolute atomic E-state index is 14.0. The van der Waals surface area contributed by atoms with Gasteiger partial charge in [0.2, 0.25) is 0 Å². The summed E-state index contributed by atoms with van der Waals surface area (Å²) >= 11 is 0. The van der Waals surface area contributed by atoms with E-state index in [0.29, 0.717) is 26.2 Å². The molecule has 0 N–H and O–H groups in total. The SMILES string of the molecule is O=C(C1CN(c2ncccc2F)CCO1)N1CCc2ccccc21.